The van der Waals surface area contributed by atoms with Crippen LogP contribution in [0.4, 0.5) is 0 Å². The summed E-state index contributed by atoms with van der Waals surface area (Å²) in [5.74, 6) is -0.739. The minimum Gasteiger partial charge on any atom is -0.352 e. The van der Waals surface area contributed by atoms with Crippen molar-refractivity contribution in [2.45, 2.75) is 63.8 Å². The molecule has 3 rings (SSSR count). The van der Waals surface area contributed by atoms with Gasteiger partial charge in [-0.05, 0) is 25.7 Å². The summed E-state index contributed by atoms with van der Waals surface area (Å²) in [5, 5.41) is 2.98. The van der Waals surface area contributed by atoms with Gasteiger partial charge in [-0.1, -0.05) is 32.1 Å². The molecule has 2 unspecified atom stereocenters. The van der Waals surface area contributed by atoms with E-state index in [1.807, 2.05) is 0 Å². The van der Waals surface area contributed by atoms with E-state index in [1.165, 1.54) is 11.3 Å². The largest absolute Gasteiger partial charge is 0.352 e. The van der Waals surface area contributed by atoms with Crippen LogP contribution in [0.15, 0.2) is 0 Å². The molecule has 0 radical (unpaired) electrons. The van der Waals surface area contributed by atoms with Crippen LogP contribution in [0.1, 0.15) is 57.8 Å². The number of rotatable bonds is 3. The number of hydrogen-bond donors (Lipinski definition) is 1. The van der Waals surface area contributed by atoms with Gasteiger partial charge in [-0.2, -0.15) is 0 Å². The first-order chi connectivity index (χ1) is 10.2. The van der Waals surface area contributed by atoms with Gasteiger partial charge < -0.3 is 5.32 Å². The third-order valence-corrected chi connectivity index (χ3v) is 5.20. The fraction of sp³-hybridized carbons (Fsp3) is 0.812. The predicted octanol–water partition coefficient (Wildman–Crippen LogP) is 1.61. The van der Waals surface area contributed by atoms with Crippen molar-refractivity contribution >= 4 is 17.7 Å². The average Bonchev–Trinajstić information content (AvgIpc) is 2.74. The summed E-state index contributed by atoms with van der Waals surface area (Å²) >= 11 is 0. The van der Waals surface area contributed by atoms with Crippen molar-refractivity contribution in [3.05, 3.63) is 0 Å². The van der Waals surface area contributed by atoms with Gasteiger partial charge in [0.05, 0.1) is 11.8 Å². The summed E-state index contributed by atoms with van der Waals surface area (Å²) in [6.07, 6.45) is 9.19. The Kier molecular flexibility index (Phi) is 4.27. The fourth-order valence-corrected chi connectivity index (χ4v) is 4.05. The molecule has 0 bridgehead atoms. The number of amides is 3. The fourth-order valence-electron chi connectivity index (χ4n) is 4.05. The molecule has 3 fully saturated rings. The zero-order valence-corrected chi connectivity index (χ0v) is 12.5. The number of nitrogens with one attached hydrogen (secondary N) is 1. The molecule has 3 amide bonds. The van der Waals surface area contributed by atoms with Crippen LogP contribution >= 0.6 is 0 Å². The van der Waals surface area contributed by atoms with E-state index in [2.05, 4.69) is 5.32 Å². The summed E-state index contributed by atoms with van der Waals surface area (Å²) < 4.78 is 0. The summed E-state index contributed by atoms with van der Waals surface area (Å²) in [7, 11) is 0. The van der Waals surface area contributed by atoms with E-state index < -0.39 is 0 Å². The van der Waals surface area contributed by atoms with Gasteiger partial charge in [0.1, 0.15) is 6.54 Å². The Labute approximate surface area is 125 Å². The molecule has 5 nitrogen and oxygen atoms in total. The lowest BCUT2D eigenvalue weighted by Crippen LogP contribution is -2.45. The van der Waals surface area contributed by atoms with Crippen molar-refractivity contribution in [1.82, 2.24) is 10.2 Å². The highest BCUT2D eigenvalue weighted by atomic mass is 16.2. The van der Waals surface area contributed by atoms with E-state index in [9.17, 15) is 14.4 Å². The summed E-state index contributed by atoms with van der Waals surface area (Å²) in [6.45, 7) is -0.0822. The molecule has 1 N–H and O–H groups in total. The number of hydrogen-bond acceptors (Lipinski definition) is 3. The molecule has 2 atom stereocenters. The van der Waals surface area contributed by atoms with Gasteiger partial charge in [0.2, 0.25) is 17.7 Å². The van der Waals surface area contributed by atoms with Gasteiger partial charge in [-0.25, -0.2) is 0 Å². The monoisotopic (exact) mass is 292 g/mol. The van der Waals surface area contributed by atoms with E-state index in [1.54, 1.807) is 0 Å². The summed E-state index contributed by atoms with van der Waals surface area (Å²) in [4.78, 5) is 37.9. The normalized spacial score (nSPS) is 30.4. The van der Waals surface area contributed by atoms with Crippen LogP contribution < -0.4 is 5.32 Å². The Morgan fingerprint density at radius 2 is 1.43 bits per heavy atom. The molecule has 1 heterocycles. The van der Waals surface area contributed by atoms with E-state index in [4.69, 9.17) is 0 Å². The standard InChI is InChI=1S/C16H24N2O3/c19-14(17-11-6-2-1-3-7-11)10-18-15(20)12-8-4-5-9-13(12)16(18)21/h11-13H,1-10H2,(H,17,19). The zero-order valence-electron chi connectivity index (χ0n) is 12.5. The first kappa shape index (κ1) is 14.5. The van der Waals surface area contributed by atoms with Crippen molar-refractivity contribution in [2.24, 2.45) is 11.8 Å². The van der Waals surface area contributed by atoms with E-state index in [0.717, 1.165) is 51.4 Å². The molecule has 0 spiro atoms. The molecule has 5 heteroatoms. The Morgan fingerprint density at radius 1 is 0.905 bits per heavy atom. The maximum absolute atomic E-state index is 12.3. The number of fused-ring (bicyclic) bond motifs is 1. The molecule has 3 aliphatic rings. The molecule has 2 saturated carbocycles. The van der Waals surface area contributed by atoms with Gasteiger partial charge in [0.15, 0.2) is 0 Å². The van der Waals surface area contributed by atoms with Gasteiger partial charge >= 0.3 is 0 Å². The van der Waals surface area contributed by atoms with Crippen LogP contribution in [0, 0.1) is 11.8 Å². The molecule has 1 saturated heterocycles. The van der Waals surface area contributed by atoms with Gasteiger partial charge in [-0.3, -0.25) is 19.3 Å². The highest BCUT2D eigenvalue weighted by molar-refractivity contribution is 6.07. The number of likely N-dealkylation sites (tertiary alicyclic amines) is 1. The molecule has 0 aromatic carbocycles. The number of imide groups is 1. The third-order valence-electron chi connectivity index (χ3n) is 5.20. The second kappa shape index (κ2) is 6.16. The minimum absolute atomic E-state index is 0.0822. The number of carbonyl (C=O) groups excluding carboxylic acids is 3. The highest BCUT2D eigenvalue weighted by Crippen LogP contribution is 2.37. The molecule has 0 aromatic heterocycles. The Morgan fingerprint density at radius 3 is 2.00 bits per heavy atom. The molecular formula is C16H24N2O3. The zero-order chi connectivity index (χ0) is 14.8. The smallest absolute Gasteiger partial charge is 0.240 e. The lowest BCUT2D eigenvalue weighted by molar-refractivity contribution is -0.143. The minimum atomic E-state index is -0.178. The average molecular weight is 292 g/mol. The Balaban J connectivity index is 1.57. The first-order valence-electron chi connectivity index (χ1n) is 8.31. The molecule has 1 aliphatic heterocycles. The van der Waals surface area contributed by atoms with Gasteiger partial charge in [-0.15, -0.1) is 0 Å². The van der Waals surface area contributed by atoms with Crippen molar-refractivity contribution in [2.75, 3.05) is 6.54 Å². The van der Waals surface area contributed by atoms with Crippen molar-refractivity contribution < 1.29 is 14.4 Å². The van der Waals surface area contributed by atoms with Crippen LogP contribution in [0.2, 0.25) is 0 Å². The molecule has 0 aromatic rings. The molecule has 2 aliphatic carbocycles. The highest BCUT2D eigenvalue weighted by Gasteiger charge is 2.48. The maximum atomic E-state index is 12.3. The van der Waals surface area contributed by atoms with Crippen LogP contribution in [0.3, 0.4) is 0 Å². The predicted molar refractivity (Wildman–Crippen MR) is 77.2 cm³/mol. The van der Waals surface area contributed by atoms with Crippen LogP contribution in [0.5, 0.6) is 0 Å². The molecular weight excluding hydrogens is 268 g/mol. The SMILES string of the molecule is O=C(CN1C(=O)C2CCCCC2C1=O)NC1CCCCC1. The van der Waals surface area contributed by atoms with Crippen LogP contribution in [-0.4, -0.2) is 35.2 Å². The summed E-state index contributed by atoms with van der Waals surface area (Å²) in [6, 6.07) is 0.223. The lowest BCUT2D eigenvalue weighted by Gasteiger charge is -2.24. The lowest BCUT2D eigenvalue weighted by atomic mass is 9.81. The summed E-state index contributed by atoms with van der Waals surface area (Å²) in [5.41, 5.74) is 0. The van der Waals surface area contributed by atoms with Gasteiger partial charge in [0, 0.05) is 6.04 Å². The molecule has 116 valence electrons. The number of carbonyl (C=O) groups is 3. The van der Waals surface area contributed by atoms with Crippen molar-refractivity contribution in [1.29, 1.82) is 0 Å². The van der Waals surface area contributed by atoms with E-state index in [-0.39, 0.29) is 42.1 Å². The van der Waals surface area contributed by atoms with Crippen LogP contribution in [0.25, 0.3) is 0 Å². The molecule has 21 heavy (non-hydrogen) atoms. The topological polar surface area (TPSA) is 66.5 Å². The first-order valence-corrected chi connectivity index (χ1v) is 8.31. The Hall–Kier alpha value is -1.39. The van der Waals surface area contributed by atoms with E-state index in [0.29, 0.717) is 0 Å². The van der Waals surface area contributed by atoms with E-state index >= 15 is 0 Å². The van der Waals surface area contributed by atoms with Crippen molar-refractivity contribution in [3.8, 4) is 0 Å². The maximum Gasteiger partial charge on any atom is 0.240 e. The second-order valence-corrected chi connectivity index (χ2v) is 6.66. The van der Waals surface area contributed by atoms with Crippen molar-refractivity contribution in [3.63, 3.8) is 0 Å². The number of nitrogens with zero attached hydrogens (tertiary/aromatic N) is 1. The Bertz CT molecular complexity index is 419. The van der Waals surface area contributed by atoms with Gasteiger partial charge in [0.25, 0.3) is 0 Å². The third kappa shape index (κ3) is 2.97. The quantitative estimate of drug-likeness (QED) is 0.804. The van der Waals surface area contributed by atoms with Crippen LogP contribution in [-0.2, 0) is 14.4 Å². The second-order valence-electron chi connectivity index (χ2n) is 6.66.